The number of rotatable bonds is 5. The van der Waals surface area contributed by atoms with E-state index in [2.05, 4.69) is 15.2 Å². The Labute approximate surface area is 112 Å². The lowest BCUT2D eigenvalue weighted by Crippen LogP contribution is -2.49. The molecule has 6 heteroatoms. The van der Waals surface area contributed by atoms with Crippen molar-refractivity contribution in [1.29, 1.82) is 0 Å². The average Bonchev–Trinajstić information content (AvgIpc) is 2.38. The summed E-state index contributed by atoms with van der Waals surface area (Å²) >= 11 is 0. The molecular weight excluding hydrogens is 249 g/mol. The van der Waals surface area contributed by atoms with Crippen molar-refractivity contribution in [2.45, 2.75) is 12.5 Å². The molecule has 0 aromatic carbocycles. The quantitative estimate of drug-likeness (QED) is 0.825. The van der Waals surface area contributed by atoms with Crippen molar-refractivity contribution in [3.63, 3.8) is 0 Å². The largest absolute Gasteiger partial charge is 0.387 e. The van der Waals surface area contributed by atoms with Gasteiger partial charge in [-0.3, -0.25) is 4.90 Å². The summed E-state index contributed by atoms with van der Waals surface area (Å²) in [6.45, 7) is 5.52. The fourth-order valence-electron chi connectivity index (χ4n) is 2.09. The number of halogens is 1. The molecule has 19 heavy (non-hydrogen) atoms. The van der Waals surface area contributed by atoms with Gasteiger partial charge >= 0.3 is 0 Å². The fraction of sp³-hybridized carbons (Fsp3) is 0.615. The van der Waals surface area contributed by atoms with E-state index in [0.29, 0.717) is 19.8 Å². The van der Waals surface area contributed by atoms with Crippen molar-refractivity contribution in [2.24, 2.45) is 0 Å². The minimum atomic E-state index is -0.943. The molecule has 1 aromatic rings. The number of aromatic nitrogens is 1. The molecule has 1 aliphatic rings. The van der Waals surface area contributed by atoms with E-state index in [-0.39, 0.29) is 12.4 Å². The molecular formula is C13H20FN3O2. The van der Waals surface area contributed by atoms with Crippen LogP contribution in [0.4, 0.5) is 10.2 Å². The number of aliphatic hydroxyl groups is 1. The lowest BCUT2D eigenvalue weighted by molar-refractivity contribution is -0.0164. The maximum Gasteiger partial charge on any atom is 0.165 e. The van der Waals surface area contributed by atoms with Gasteiger partial charge in [0.1, 0.15) is 0 Å². The van der Waals surface area contributed by atoms with Gasteiger partial charge in [0.05, 0.1) is 18.8 Å². The van der Waals surface area contributed by atoms with Gasteiger partial charge in [-0.2, -0.15) is 0 Å². The van der Waals surface area contributed by atoms with Crippen LogP contribution >= 0.6 is 0 Å². The molecule has 1 saturated heterocycles. The van der Waals surface area contributed by atoms with Crippen molar-refractivity contribution in [1.82, 2.24) is 9.88 Å². The highest BCUT2D eigenvalue weighted by Crippen LogP contribution is 2.13. The molecule has 5 nitrogen and oxygen atoms in total. The molecule has 0 bridgehead atoms. The highest BCUT2D eigenvalue weighted by atomic mass is 19.1. The van der Waals surface area contributed by atoms with Crippen LogP contribution < -0.4 is 5.32 Å². The van der Waals surface area contributed by atoms with Gasteiger partial charge in [0, 0.05) is 32.4 Å². The molecule has 2 heterocycles. The summed E-state index contributed by atoms with van der Waals surface area (Å²) in [7, 11) is 0. The molecule has 0 aliphatic carbocycles. The van der Waals surface area contributed by atoms with Gasteiger partial charge in [-0.25, -0.2) is 9.37 Å². The number of pyridine rings is 1. The minimum absolute atomic E-state index is 0.171. The Morgan fingerprint density at radius 1 is 1.53 bits per heavy atom. The number of hydrogen-bond acceptors (Lipinski definition) is 5. The van der Waals surface area contributed by atoms with Crippen LogP contribution in [0.1, 0.15) is 6.92 Å². The Hall–Kier alpha value is -1.24. The first-order valence-corrected chi connectivity index (χ1v) is 6.44. The van der Waals surface area contributed by atoms with Crippen LogP contribution in [-0.4, -0.2) is 60.0 Å². The first-order chi connectivity index (χ1) is 9.07. The van der Waals surface area contributed by atoms with E-state index >= 15 is 0 Å². The maximum absolute atomic E-state index is 13.4. The highest BCUT2D eigenvalue weighted by molar-refractivity contribution is 5.35. The average molecular weight is 269 g/mol. The Balaban J connectivity index is 1.84. The Morgan fingerprint density at radius 3 is 2.95 bits per heavy atom. The van der Waals surface area contributed by atoms with Crippen LogP contribution in [0.2, 0.25) is 0 Å². The minimum Gasteiger partial charge on any atom is -0.387 e. The summed E-state index contributed by atoms with van der Waals surface area (Å²) in [6.07, 6.45) is 1.52. The first kappa shape index (κ1) is 14.2. The molecule has 2 rings (SSSR count). The lowest BCUT2D eigenvalue weighted by Gasteiger charge is -2.34. The topological polar surface area (TPSA) is 57.6 Å². The molecule has 0 unspecified atom stereocenters. The van der Waals surface area contributed by atoms with E-state index in [1.165, 1.54) is 18.3 Å². The molecule has 0 saturated carbocycles. The van der Waals surface area contributed by atoms with Crippen LogP contribution in [-0.2, 0) is 4.74 Å². The molecule has 0 radical (unpaired) electrons. The second-order valence-corrected chi connectivity index (χ2v) is 5.07. The smallest absolute Gasteiger partial charge is 0.165 e. The van der Waals surface area contributed by atoms with Gasteiger partial charge in [-0.15, -0.1) is 0 Å². The summed E-state index contributed by atoms with van der Waals surface area (Å²) in [6, 6.07) is 2.87. The molecule has 106 valence electrons. The molecule has 1 aromatic heterocycles. The summed E-state index contributed by atoms with van der Waals surface area (Å²) in [5, 5.41) is 13.2. The molecule has 1 aliphatic heterocycles. The van der Waals surface area contributed by atoms with Gasteiger partial charge in [0.2, 0.25) is 0 Å². The summed E-state index contributed by atoms with van der Waals surface area (Å²) in [4.78, 5) is 6.04. The van der Waals surface area contributed by atoms with Gasteiger partial charge in [0.15, 0.2) is 11.6 Å². The standard InChI is InChI=1S/C13H20FN3O2/c1-13(18,10-17-5-7-19-8-6-17)9-16-12-11(14)3-2-4-15-12/h2-4,18H,5-10H2,1H3,(H,15,16)/t13-/m1/s1. The Kier molecular flexibility index (Phi) is 4.68. The van der Waals surface area contributed by atoms with Crippen molar-refractivity contribution in [3.8, 4) is 0 Å². The number of anilines is 1. The number of β-amino-alcohol motifs (C(OH)–C–C–N with tert-alkyl or cyclic N) is 1. The number of nitrogens with one attached hydrogen (secondary N) is 1. The predicted molar refractivity (Wildman–Crippen MR) is 70.6 cm³/mol. The van der Waals surface area contributed by atoms with Crippen molar-refractivity contribution >= 4 is 5.82 Å². The number of ether oxygens (including phenoxy) is 1. The third-order valence-electron chi connectivity index (χ3n) is 3.06. The summed E-state index contributed by atoms with van der Waals surface area (Å²) < 4.78 is 18.7. The van der Waals surface area contributed by atoms with E-state index in [0.717, 1.165) is 13.1 Å². The Bertz CT molecular complexity index is 409. The number of hydrogen-bond donors (Lipinski definition) is 2. The summed E-state index contributed by atoms with van der Waals surface area (Å²) in [5.74, 6) is -0.241. The second-order valence-electron chi connectivity index (χ2n) is 5.07. The number of nitrogens with zero attached hydrogens (tertiary/aromatic N) is 2. The van der Waals surface area contributed by atoms with E-state index < -0.39 is 11.4 Å². The van der Waals surface area contributed by atoms with Gasteiger partial charge in [-0.1, -0.05) is 0 Å². The van der Waals surface area contributed by atoms with Crippen LogP contribution in [0.15, 0.2) is 18.3 Å². The van der Waals surface area contributed by atoms with E-state index in [4.69, 9.17) is 4.74 Å². The van der Waals surface area contributed by atoms with Crippen molar-refractivity contribution < 1.29 is 14.2 Å². The summed E-state index contributed by atoms with van der Waals surface area (Å²) in [5.41, 5.74) is -0.943. The van der Waals surface area contributed by atoms with Crippen LogP contribution in [0.5, 0.6) is 0 Å². The van der Waals surface area contributed by atoms with Crippen LogP contribution in [0, 0.1) is 5.82 Å². The maximum atomic E-state index is 13.4. The third kappa shape index (κ3) is 4.41. The molecule has 1 fully saturated rings. The molecule has 0 amide bonds. The van der Waals surface area contributed by atoms with E-state index in [1.807, 2.05) is 0 Å². The number of morpholine rings is 1. The molecule has 2 N–H and O–H groups in total. The van der Waals surface area contributed by atoms with E-state index in [9.17, 15) is 9.50 Å². The van der Waals surface area contributed by atoms with Crippen LogP contribution in [0.3, 0.4) is 0 Å². The first-order valence-electron chi connectivity index (χ1n) is 6.44. The molecule has 0 spiro atoms. The third-order valence-corrected chi connectivity index (χ3v) is 3.06. The van der Waals surface area contributed by atoms with Gasteiger partial charge < -0.3 is 15.2 Å². The SMILES string of the molecule is C[C@@](O)(CNc1ncccc1F)CN1CCOCC1. The monoisotopic (exact) mass is 269 g/mol. The normalized spacial score (nSPS) is 19.9. The fourth-order valence-corrected chi connectivity index (χ4v) is 2.09. The van der Waals surface area contributed by atoms with Gasteiger partial charge in [0.25, 0.3) is 0 Å². The zero-order chi connectivity index (χ0) is 13.7. The van der Waals surface area contributed by atoms with Gasteiger partial charge in [-0.05, 0) is 19.1 Å². The van der Waals surface area contributed by atoms with Crippen molar-refractivity contribution in [3.05, 3.63) is 24.1 Å². The lowest BCUT2D eigenvalue weighted by atomic mass is 10.1. The van der Waals surface area contributed by atoms with Crippen LogP contribution in [0.25, 0.3) is 0 Å². The molecule has 1 atom stereocenters. The zero-order valence-corrected chi connectivity index (χ0v) is 11.1. The zero-order valence-electron chi connectivity index (χ0n) is 11.1. The second kappa shape index (κ2) is 6.27. The van der Waals surface area contributed by atoms with Crippen molar-refractivity contribution in [2.75, 3.05) is 44.7 Å². The Morgan fingerprint density at radius 2 is 2.26 bits per heavy atom. The highest BCUT2D eigenvalue weighted by Gasteiger charge is 2.25. The predicted octanol–water partition coefficient (Wildman–Crippen LogP) is 0.716. The van der Waals surface area contributed by atoms with E-state index in [1.54, 1.807) is 6.92 Å².